The van der Waals surface area contributed by atoms with Crippen LogP contribution < -0.4 is 4.74 Å². The fraction of sp³-hybridized carbons (Fsp3) is 0.600. The molecule has 0 bridgehead atoms. The summed E-state index contributed by atoms with van der Waals surface area (Å²) in [6.45, 7) is 4.77. The SMILES string of the molecule is CCCCCC(C)c1cc2c(cc1OCCCC(=O)O)C(=O)CC2. The highest BCUT2D eigenvalue weighted by atomic mass is 16.5. The zero-order valence-electron chi connectivity index (χ0n) is 14.8. The van der Waals surface area contributed by atoms with Crippen molar-refractivity contribution in [2.24, 2.45) is 0 Å². The summed E-state index contributed by atoms with van der Waals surface area (Å²) in [6, 6.07) is 4.03. The van der Waals surface area contributed by atoms with Gasteiger partial charge in [0.1, 0.15) is 5.75 Å². The number of ketones is 1. The second-order valence-electron chi connectivity index (χ2n) is 6.71. The molecule has 1 unspecified atom stereocenters. The molecule has 1 aliphatic rings. The number of aliphatic carboxylic acids is 1. The molecule has 2 rings (SSSR count). The highest BCUT2D eigenvalue weighted by Gasteiger charge is 2.24. The molecule has 0 saturated carbocycles. The van der Waals surface area contributed by atoms with E-state index in [1.54, 1.807) is 0 Å². The van der Waals surface area contributed by atoms with Crippen LogP contribution in [0.1, 0.15) is 86.2 Å². The molecule has 132 valence electrons. The topological polar surface area (TPSA) is 63.6 Å². The summed E-state index contributed by atoms with van der Waals surface area (Å²) in [5, 5.41) is 8.74. The normalized spacial score (nSPS) is 14.5. The van der Waals surface area contributed by atoms with Gasteiger partial charge in [-0.2, -0.15) is 0 Å². The molecular weight excluding hydrogens is 304 g/mol. The molecule has 1 aromatic carbocycles. The lowest BCUT2D eigenvalue weighted by atomic mass is 9.91. The Kier molecular flexibility index (Phi) is 6.83. The van der Waals surface area contributed by atoms with Crippen molar-refractivity contribution in [3.8, 4) is 5.75 Å². The van der Waals surface area contributed by atoms with Gasteiger partial charge in [-0.3, -0.25) is 9.59 Å². The molecule has 0 aliphatic heterocycles. The van der Waals surface area contributed by atoms with E-state index in [-0.39, 0.29) is 12.2 Å². The van der Waals surface area contributed by atoms with E-state index in [1.165, 1.54) is 19.3 Å². The number of fused-ring (bicyclic) bond motifs is 1. The van der Waals surface area contributed by atoms with Crippen molar-refractivity contribution in [2.45, 2.75) is 71.1 Å². The van der Waals surface area contributed by atoms with Crippen molar-refractivity contribution in [3.63, 3.8) is 0 Å². The van der Waals surface area contributed by atoms with E-state index in [0.29, 0.717) is 25.4 Å². The number of carboxylic acids is 1. The summed E-state index contributed by atoms with van der Waals surface area (Å²) < 4.78 is 5.87. The van der Waals surface area contributed by atoms with Crippen molar-refractivity contribution >= 4 is 11.8 Å². The lowest BCUT2D eigenvalue weighted by Gasteiger charge is -2.19. The van der Waals surface area contributed by atoms with E-state index >= 15 is 0 Å². The highest BCUT2D eigenvalue weighted by molar-refractivity contribution is 6.00. The fourth-order valence-electron chi connectivity index (χ4n) is 3.26. The van der Waals surface area contributed by atoms with Gasteiger partial charge in [-0.15, -0.1) is 0 Å². The van der Waals surface area contributed by atoms with Crippen molar-refractivity contribution in [1.82, 2.24) is 0 Å². The van der Waals surface area contributed by atoms with E-state index in [0.717, 1.165) is 35.3 Å². The summed E-state index contributed by atoms with van der Waals surface area (Å²) in [6.07, 6.45) is 6.70. The Morgan fingerprint density at radius 2 is 2.04 bits per heavy atom. The Hall–Kier alpha value is -1.84. The number of carbonyl (C=O) groups excluding carboxylic acids is 1. The molecule has 0 heterocycles. The number of Topliss-reactive ketones (excluding diaryl/α,β-unsaturated/α-hetero) is 1. The summed E-state index contributed by atoms with van der Waals surface area (Å²) in [4.78, 5) is 22.6. The maximum Gasteiger partial charge on any atom is 0.303 e. The minimum absolute atomic E-state index is 0.102. The van der Waals surface area contributed by atoms with Gasteiger partial charge in [0.15, 0.2) is 5.78 Å². The van der Waals surface area contributed by atoms with E-state index in [9.17, 15) is 9.59 Å². The first kappa shape index (κ1) is 18.5. The van der Waals surface area contributed by atoms with Crippen LogP contribution in [0.25, 0.3) is 0 Å². The van der Waals surface area contributed by atoms with E-state index in [2.05, 4.69) is 19.9 Å². The first-order valence-electron chi connectivity index (χ1n) is 9.07. The number of benzene rings is 1. The van der Waals surface area contributed by atoms with Gasteiger partial charge in [-0.1, -0.05) is 39.2 Å². The van der Waals surface area contributed by atoms with Gasteiger partial charge in [0, 0.05) is 18.4 Å². The molecule has 0 spiro atoms. The smallest absolute Gasteiger partial charge is 0.303 e. The van der Waals surface area contributed by atoms with Crippen LogP contribution in [0.15, 0.2) is 12.1 Å². The van der Waals surface area contributed by atoms with Gasteiger partial charge in [-0.05, 0) is 42.4 Å². The lowest BCUT2D eigenvalue weighted by molar-refractivity contribution is -0.137. The average molecular weight is 332 g/mol. The number of ether oxygens (including phenoxy) is 1. The quantitative estimate of drug-likeness (QED) is 0.628. The molecule has 0 saturated heterocycles. The maximum absolute atomic E-state index is 12.0. The van der Waals surface area contributed by atoms with Crippen LogP contribution in [0.4, 0.5) is 0 Å². The Morgan fingerprint density at radius 1 is 1.25 bits per heavy atom. The van der Waals surface area contributed by atoms with Gasteiger partial charge in [-0.25, -0.2) is 0 Å². The minimum atomic E-state index is -0.809. The number of hydrogen-bond acceptors (Lipinski definition) is 3. The van der Waals surface area contributed by atoms with Crippen LogP contribution in [-0.2, 0) is 11.2 Å². The van der Waals surface area contributed by atoms with Crippen LogP contribution in [0, 0.1) is 0 Å². The molecule has 0 amide bonds. The minimum Gasteiger partial charge on any atom is -0.493 e. The predicted octanol–water partition coefficient (Wildman–Crippen LogP) is 4.74. The molecule has 1 aliphatic carbocycles. The summed E-state index contributed by atoms with van der Waals surface area (Å²) in [5.74, 6) is 0.520. The summed E-state index contributed by atoms with van der Waals surface area (Å²) in [5.41, 5.74) is 3.08. The Bertz CT molecular complexity index is 592. The number of carbonyl (C=O) groups is 2. The second kappa shape index (κ2) is 8.86. The van der Waals surface area contributed by atoms with Gasteiger partial charge < -0.3 is 9.84 Å². The number of hydrogen-bond donors (Lipinski definition) is 1. The third-order valence-corrected chi connectivity index (χ3v) is 4.72. The van der Waals surface area contributed by atoms with Crippen molar-refractivity contribution in [3.05, 3.63) is 28.8 Å². The fourth-order valence-corrected chi connectivity index (χ4v) is 3.26. The first-order valence-corrected chi connectivity index (χ1v) is 9.07. The maximum atomic E-state index is 12.0. The van der Waals surface area contributed by atoms with Crippen molar-refractivity contribution in [2.75, 3.05) is 6.61 Å². The number of unbranched alkanes of at least 4 members (excludes halogenated alkanes) is 2. The van der Waals surface area contributed by atoms with Gasteiger partial charge >= 0.3 is 5.97 Å². The molecule has 1 aromatic rings. The van der Waals surface area contributed by atoms with Crippen LogP contribution >= 0.6 is 0 Å². The standard InChI is InChI=1S/C20H28O4/c1-3-4-5-7-14(2)16-12-15-9-10-18(21)17(15)13-19(16)24-11-6-8-20(22)23/h12-14H,3-11H2,1-2H3,(H,22,23). The highest BCUT2D eigenvalue weighted by Crippen LogP contribution is 2.36. The zero-order chi connectivity index (χ0) is 17.5. The summed E-state index contributed by atoms with van der Waals surface area (Å²) >= 11 is 0. The van der Waals surface area contributed by atoms with Crippen molar-refractivity contribution < 1.29 is 19.4 Å². The Labute approximate surface area is 144 Å². The molecule has 4 nitrogen and oxygen atoms in total. The van der Waals surface area contributed by atoms with E-state index < -0.39 is 5.97 Å². The summed E-state index contributed by atoms with van der Waals surface area (Å²) in [7, 11) is 0. The van der Waals surface area contributed by atoms with E-state index in [1.807, 2.05) is 6.07 Å². The molecule has 0 aromatic heterocycles. The number of aryl methyl sites for hydroxylation is 1. The second-order valence-corrected chi connectivity index (χ2v) is 6.71. The Morgan fingerprint density at radius 3 is 2.75 bits per heavy atom. The lowest BCUT2D eigenvalue weighted by Crippen LogP contribution is -2.07. The van der Waals surface area contributed by atoms with Crippen LogP contribution in [0.5, 0.6) is 5.75 Å². The number of carboxylic acid groups (broad SMARTS) is 1. The van der Waals surface area contributed by atoms with Crippen LogP contribution in [-0.4, -0.2) is 23.5 Å². The van der Waals surface area contributed by atoms with Crippen LogP contribution in [0.2, 0.25) is 0 Å². The molecule has 4 heteroatoms. The molecule has 0 fully saturated rings. The molecule has 0 radical (unpaired) electrons. The zero-order valence-corrected chi connectivity index (χ0v) is 14.8. The van der Waals surface area contributed by atoms with Crippen molar-refractivity contribution in [1.29, 1.82) is 0 Å². The average Bonchev–Trinajstić information content (AvgIpc) is 2.91. The largest absolute Gasteiger partial charge is 0.493 e. The molecule has 1 N–H and O–H groups in total. The predicted molar refractivity (Wildman–Crippen MR) is 94.0 cm³/mol. The third-order valence-electron chi connectivity index (χ3n) is 4.72. The van der Waals surface area contributed by atoms with E-state index in [4.69, 9.17) is 9.84 Å². The number of rotatable bonds is 10. The van der Waals surface area contributed by atoms with Gasteiger partial charge in [0.25, 0.3) is 0 Å². The molecule has 24 heavy (non-hydrogen) atoms. The first-order chi connectivity index (χ1) is 11.5. The molecular formula is C20H28O4. The van der Waals surface area contributed by atoms with Gasteiger partial charge in [0.05, 0.1) is 6.61 Å². The van der Waals surface area contributed by atoms with Crippen LogP contribution in [0.3, 0.4) is 0 Å². The molecule has 1 atom stereocenters. The van der Waals surface area contributed by atoms with Gasteiger partial charge in [0.2, 0.25) is 0 Å². The monoisotopic (exact) mass is 332 g/mol. The Balaban J connectivity index is 2.13. The third kappa shape index (κ3) is 4.83.